The number of benzene rings is 1. The van der Waals surface area contributed by atoms with Crippen LogP contribution in [-0.4, -0.2) is 42.4 Å². The fourth-order valence-electron chi connectivity index (χ4n) is 2.64. The van der Waals surface area contributed by atoms with Gasteiger partial charge < -0.3 is 19.0 Å². The molecule has 1 heterocycles. The highest BCUT2D eigenvalue weighted by atomic mass is 16.5. The van der Waals surface area contributed by atoms with Crippen molar-refractivity contribution >= 4 is 0 Å². The van der Waals surface area contributed by atoms with Gasteiger partial charge in [-0.3, -0.25) is 4.90 Å². The van der Waals surface area contributed by atoms with E-state index in [0.717, 1.165) is 24.5 Å². The normalized spacial score (nSPS) is 13.8. The lowest BCUT2D eigenvalue weighted by atomic mass is 10.1. The van der Waals surface area contributed by atoms with E-state index < -0.39 is 6.10 Å². The zero-order valence-corrected chi connectivity index (χ0v) is 15.4. The number of rotatable bonds is 11. The minimum atomic E-state index is -0.540. The number of furan rings is 1. The van der Waals surface area contributed by atoms with Crippen LogP contribution in [0.3, 0.4) is 0 Å². The first kappa shape index (κ1) is 19.5. The summed E-state index contributed by atoms with van der Waals surface area (Å²) in [7, 11) is 1.67. The van der Waals surface area contributed by atoms with E-state index in [4.69, 9.17) is 13.9 Å². The lowest BCUT2D eigenvalue weighted by Crippen LogP contribution is -2.39. The van der Waals surface area contributed by atoms with Crippen LogP contribution in [0.2, 0.25) is 0 Å². The number of nitrogens with zero attached hydrogens (tertiary/aromatic N) is 1. The summed E-state index contributed by atoms with van der Waals surface area (Å²) in [6.07, 6.45) is 2.10. The Hall–Kier alpha value is -1.82. The maximum absolute atomic E-state index is 10.3. The molecule has 0 radical (unpaired) electrons. The van der Waals surface area contributed by atoms with Gasteiger partial charge in [0.25, 0.3) is 0 Å². The lowest BCUT2D eigenvalue weighted by molar-refractivity contribution is -0.00271. The van der Waals surface area contributed by atoms with Crippen molar-refractivity contribution in [2.45, 2.75) is 45.6 Å². The Bertz CT molecular complexity index is 582. The van der Waals surface area contributed by atoms with Crippen LogP contribution in [0.15, 0.2) is 47.1 Å². The highest BCUT2D eigenvalue weighted by molar-refractivity contribution is 5.27. The number of ether oxygens (including phenoxy) is 2. The molecular formula is C20H29NO4. The van der Waals surface area contributed by atoms with E-state index in [2.05, 4.69) is 30.9 Å². The molecule has 2 aromatic rings. The van der Waals surface area contributed by atoms with Crippen molar-refractivity contribution in [3.8, 4) is 5.75 Å². The van der Waals surface area contributed by atoms with Gasteiger partial charge in [0.15, 0.2) is 0 Å². The highest BCUT2D eigenvalue weighted by Gasteiger charge is 2.17. The third kappa shape index (κ3) is 6.53. The van der Waals surface area contributed by atoms with E-state index in [-0.39, 0.29) is 6.61 Å². The van der Waals surface area contributed by atoms with Crippen molar-refractivity contribution < 1.29 is 19.0 Å². The van der Waals surface area contributed by atoms with Gasteiger partial charge in [0.1, 0.15) is 18.1 Å². The third-order valence-corrected chi connectivity index (χ3v) is 4.34. The largest absolute Gasteiger partial charge is 0.497 e. The van der Waals surface area contributed by atoms with Crippen LogP contribution < -0.4 is 4.74 Å². The molecule has 0 fully saturated rings. The van der Waals surface area contributed by atoms with E-state index in [9.17, 15) is 5.11 Å². The number of aliphatic hydroxyl groups is 1. The molecule has 2 rings (SSSR count). The van der Waals surface area contributed by atoms with Crippen LogP contribution in [0.4, 0.5) is 0 Å². The zero-order chi connectivity index (χ0) is 18.1. The standard InChI is InChI=1S/C20H29NO4/c1-4-16(2)21(12-17-7-9-19(23-3)10-8-17)13-18(22)14-24-15-20-6-5-11-25-20/h5-11,16,18,22H,4,12-15H2,1-3H3/t16-,18+/m1/s1. The lowest BCUT2D eigenvalue weighted by Gasteiger charge is -2.30. The monoisotopic (exact) mass is 347 g/mol. The second-order valence-corrected chi connectivity index (χ2v) is 6.28. The van der Waals surface area contributed by atoms with Gasteiger partial charge in [-0.25, -0.2) is 0 Å². The molecule has 0 bridgehead atoms. The molecule has 0 amide bonds. The first-order valence-corrected chi connectivity index (χ1v) is 8.77. The van der Waals surface area contributed by atoms with Crippen LogP contribution in [0.25, 0.3) is 0 Å². The Labute approximate surface area is 150 Å². The van der Waals surface area contributed by atoms with Crippen molar-refractivity contribution in [1.29, 1.82) is 0 Å². The van der Waals surface area contributed by atoms with Gasteiger partial charge in [0.05, 0.1) is 26.1 Å². The molecule has 0 aliphatic heterocycles. The summed E-state index contributed by atoms with van der Waals surface area (Å²) in [4.78, 5) is 2.28. The number of methoxy groups -OCH3 is 1. The van der Waals surface area contributed by atoms with E-state index in [0.29, 0.717) is 19.2 Å². The fraction of sp³-hybridized carbons (Fsp3) is 0.500. The smallest absolute Gasteiger partial charge is 0.129 e. The summed E-state index contributed by atoms with van der Waals surface area (Å²) in [5, 5.41) is 10.3. The van der Waals surface area contributed by atoms with Crippen LogP contribution in [-0.2, 0) is 17.9 Å². The predicted octanol–water partition coefficient (Wildman–Crippen LogP) is 3.47. The molecule has 1 aromatic carbocycles. The first-order chi connectivity index (χ1) is 12.1. The Morgan fingerprint density at radius 3 is 2.56 bits per heavy atom. The van der Waals surface area contributed by atoms with Gasteiger partial charge in [0, 0.05) is 19.1 Å². The zero-order valence-electron chi connectivity index (χ0n) is 15.4. The Balaban J connectivity index is 1.85. The predicted molar refractivity (Wildman–Crippen MR) is 97.5 cm³/mol. The average molecular weight is 347 g/mol. The van der Waals surface area contributed by atoms with Crippen LogP contribution in [0.5, 0.6) is 5.75 Å². The summed E-state index contributed by atoms with van der Waals surface area (Å²) in [5.74, 6) is 1.62. The number of hydrogen-bond donors (Lipinski definition) is 1. The minimum Gasteiger partial charge on any atom is -0.497 e. The Kier molecular flexibility index (Phi) is 7.98. The quantitative estimate of drug-likeness (QED) is 0.674. The molecule has 5 heteroatoms. The molecule has 1 aromatic heterocycles. The van der Waals surface area contributed by atoms with Crippen molar-refractivity contribution in [2.75, 3.05) is 20.3 Å². The first-order valence-electron chi connectivity index (χ1n) is 8.77. The molecule has 25 heavy (non-hydrogen) atoms. The van der Waals surface area contributed by atoms with Crippen LogP contribution >= 0.6 is 0 Å². The molecule has 0 aliphatic carbocycles. The van der Waals surface area contributed by atoms with Crippen LogP contribution in [0, 0.1) is 0 Å². The van der Waals surface area contributed by atoms with Gasteiger partial charge in [-0.2, -0.15) is 0 Å². The molecule has 0 saturated heterocycles. The summed E-state index contributed by atoms with van der Waals surface area (Å²) < 4.78 is 16.0. The summed E-state index contributed by atoms with van der Waals surface area (Å²) >= 11 is 0. The molecule has 1 N–H and O–H groups in total. The van der Waals surface area contributed by atoms with Gasteiger partial charge in [-0.1, -0.05) is 19.1 Å². The average Bonchev–Trinajstić information content (AvgIpc) is 3.14. The summed E-state index contributed by atoms with van der Waals surface area (Å²) in [5.41, 5.74) is 1.20. The molecule has 0 saturated carbocycles. The van der Waals surface area contributed by atoms with E-state index in [1.165, 1.54) is 5.56 Å². The molecule has 5 nitrogen and oxygen atoms in total. The molecule has 138 valence electrons. The summed E-state index contributed by atoms with van der Waals surface area (Å²) in [6, 6.07) is 12.1. The van der Waals surface area contributed by atoms with Gasteiger partial charge in [-0.05, 0) is 43.2 Å². The molecule has 0 aliphatic rings. The topological polar surface area (TPSA) is 55.1 Å². The Morgan fingerprint density at radius 2 is 1.96 bits per heavy atom. The molecule has 0 spiro atoms. The van der Waals surface area contributed by atoms with E-state index >= 15 is 0 Å². The maximum Gasteiger partial charge on any atom is 0.129 e. The molecular weight excluding hydrogens is 318 g/mol. The highest BCUT2D eigenvalue weighted by Crippen LogP contribution is 2.16. The van der Waals surface area contributed by atoms with E-state index in [1.807, 2.05) is 24.3 Å². The fourth-order valence-corrected chi connectivity index (χ4v) is 2.64. The van der Waals surface area contributed by atoms with Gasteiger partial charge in [0.2, 0.25) is 0 Å². The molecule has 0 unspecified atom stereocenters. The maximum atomic E-state index is 10.3. The third-order valence-electron chi connectivity index (χ3n) is 4.34. The minimum absolute atomic E-state index is 0.288. The van der Waals surface area contributed by atoms with Gasteiger partial charge >= 0.3 is 0 Å². The SMILES string of the molecule is CC[C@@H](C)N(Cc1ccc(OC)cc1)C[C@H](O)COCc1ccco1. The van der Waals surface area contributed by atoms with Crippen molar-refractivity contribution in [2.24, 2.45) is 0 Å². The van der Waals surface area contributed by atoms with Crippen LogP contribution in [0.1, 0.15) is 31.6 Å². The van der Waals surface area contributed by atoms with Gasteiger partial charge in [-0.15, -0.1) is 0 Å². The second kappa shape index (κ2) is 10.2. The number of aliphatic hydroxyl groups excluding tert-OH is 1. The van der Waals surface area contributed by atoms with E-state index in [1.54, 1.807) is 13.4 Å². The number of hydrogen-bond acceptors (Lipinski definition) is 5. The Morgan fingerprint density at radius 1 is 1.20 bits per heavy atom. The van der Waals surface area contributed by atoms with Crippen molar-refractivity contribution in [1.82, 2.24) is 4.90 Å². The van der Waals surface area contributed by atoms with Crippen molar-refractivity contribution in [3.05, 3.63) is 54.0 Å². The second-order valence-electron chi connectivity index (χ2n) is 6.28. The molecule has 2 atom stereocenters. The van der Waals surface area contributed by atoms with Crippen molar-refractivity contribution in [3.63, 3.8) is 0 Å². The summed E-state index contributed by atoms with van der Waals surface area (Å²) in [6.45, 7) is 6.36.